The predicted octanol–water partition coefficient (Wildman–Crippen LogP) is 3.77. The molecule has 0 aliphatic rings. The number of benzene rings is 2. The summed E-state index contributed by atoms with van der Waals surface area (Å²) in [6, 6.07) is 17.2. The normalized spacial score (nSPS) is 10.7. The fourth-order valence-corrected chi connectivity index (χ4v) is 2.09. The second-order valence-electron chi connectivity index (χ2n) is 4.30. The van der Waals surface area contributed by atoms with E-state index < -0.39 is 0 Å². The van der Waals surface area contributed by atoms with Crippen LogP contribution in [0.4, 0.5) is 0 Å². The first-order chi connectivity index (χ1) is 8.74. The molecule has 2 nitrogen and oxygen atoms in total. The van der Waals surface area contributed by atoms with E-state index in [1.807, 2.05) is 48.5 Å². The third kappa shape index (κ3) is 1.82. The SMILES string of the molecule is Cc1cc(=O)c2cc(-c3ccccc3)ccc2o1. The van der Waals surface area contributed by atoms with Gasteiger partial charge in [0.15, 0.2) is 5.43 Å². The standard InChI is InChI=1S/C16H12O2/c1-11-9-15(17)14-10-13(7-8-16(14)18-11)12-5-3-2-4-6-12/h2-10H,1H3. The molecule has 0 atom stereocenters. The quantitative estimate of drug-likeness (QED) is 0.643. The topological polar surface area (TPSA) is 30.2 Å². The largest absolute Gasteiger partial charge is 0.461 e. The summed E-state index contributed by atoms with van der Waals surface area (Å²) in [5.74, 6) is 0.639. The molecule has 1 aromatic heterocycles. The maximum atomic E-state index is 11.9. The van der Waals surface area contributed by atoms with Crippen molar-refractivity contribution in [2.24, 2.45) is 0 Å². The van der Waals surface area contributed by atoms with Gasteiger partial charge in [-0.3, -0.25) is 4.79 Å². The third-order valence-corrected chi connectivity index (χ3v) is 2.96. The molecule has 0 N–H and O–H groups in total. The molecule has 2 heteroatoms. The lowest BCUT2D eigenvalue weighted by molar-refractivity contribution is 0.565. The molecule has 0 unspecified atom stereocenters. The van der Waals surface area contributed by atoms with Gasteiger partial charge in [-0.05, 0) is 30.2 Å². The van der Waals surface area contributed by atoms with Gasteiger partial charge in [-0.2, -0.15) is 0 Å². The Bertz CT molecular complexity index is 755. The monoisotopic (exact) mass is 236 g/mol. The highest BCUT2D eigenvalue weighted by Crippen LogP contribution is 2.22. The number of rotatable bonds is 1. The van der Waals surface area contributed by atoms with Crippen LogP contribution in [0.5, 0.6) is 0 Å². The number of hydrogen-bond acceptors (Lipinski definition) is 2. The van der Waals surface area contributed by atoms with Crippen molar-refractivity contribution in [2.45, 2.75) is 6.92 Å². The van der Waals surface area contributed by atoms with Crippen LogP contribution in [0.15, 0.2) is 63.8 Å². The Labute approximate surface area is 105 Å². The van der Waals surface area contributed by atoms with Gasteiger partial charge in [0.1, 0.15) is 11.3 Å². The van der Waals surface area contributed by atoms with Crippen LogP contribution in [0.2, 0.25) is 0 Å². The van der Waals surface area contributed by atoms with Gasteiger partial charge in [-0.15, -0.1) is 0 Å². The molecule has 0 fully saturated rings. The predicted molar refractivity (Wildman–Crippen MR) is 72.7 cm³/mol. The van der Waals surface area contributed by atoms with Gasteiger partial charge < -0.3 is 4.42 Å². The molecule has 0 radical (unpaired) electrons. The molecule has 2 aromatic carbocycles. The van der Waals surface area contributed by atoms with Crippen molar-refractivity contribution in [3.63, 3.8) is 0 Å². The van der Waals surface area contributed by atoms with Gasteiger partial charge in [0.25, 0.3) is 0 Å². The van der Waals surface area contributed by atoms with Crippen LogP contribution in [0.25, 0.3) is 22.1 Å². The first-order valence-corrected chi connectivity index (χ1v) is 5.84. The summed E-state index contributed by atoms with van der Waals surface area (Å²) in [5, 5.41) is 0.627. The van der Waals surface area contributed by atoms with Crippen molar-refractivity contribution in [3.8, 4) is 11.1 Å². The van der Waals surface area contributed by atoms with Crippen LogP contribution in [-0.2, 0) is 0 Å². The zero-order valence-corrected chi connectivity index (χ0v) is 10.0. The molecule has 0 spiro atoms. The minimum Gasteiger partial charge on any atom is -0.461 e. The summed E-state index contributed by atoms with van der Waals surface area (Å²) >= 11 is 0. The molecule has 0 aliphatic heterocycles. The van der Waals surface area contributed by atoms with Crippen molar-refractivity contribution >= 4 is 11.0 Å². The Balaban J connectivity index is 2.27. The average Bonchev–Trinajstić information content (AvgIpc) is 2.39. The molecule has 1 heterocycles. The molecule has 18 heavy (non-hydrogen) atoms. The molecule has 0 aliphatic carbocycles. The van der Waals surface area contributed by atoms with Crippen molar-refractivity contribution in [3.05, 3.63) is 70.6 Å². The number of hydrogen-bond donors (Lipinski definition) is 0. The minimum atomic E-state index is 0.00605. The molecule has 0 saturated carbocycles. The third-order valence-electron chi connectivity index (χ3n) is 2.96. The lowest BCUT2D eigenvalue weighted by Crippen LogP contribution is -2.00. The van der Waals surface area contributed by atoms with Crippen molar-refractivity contribution < 1.29 is 4.42 Å². The second kappa shape index (κ2) is 4.15. The van der Waals surface area contributed by atoms with Crippen LogP contribution in [0, 0.1) is 6.92 Å². The van der Waals surface area contributed by atoms with Crippen LogP contribution >= 0.6 is 0 Å². The van der Waals surface area contributed by atoms with Gasteiger partial charge in [0.05, 0.1) is 5.39 Å². The Morgan fingerprint density at radius 1 is 0.889 bits per heavy atom. The minimum absolute atomic E-state index is 0.00605. The lowest BCUT2D eigenvalue weighted by Gasteiger charge is -2.03. The Morgan fingerprint density at radius 2 is 1.67 bits per heavy atom. The van der Waals surface area contributed by atoms with Crippen molar-refractivity contribution in [1.29, 1.82) is 0 Å². The van der Waals surface area contributed by atoms with Crippen molar-refractivity contribution in [1.82, 2.24) is 0 Å². The van der Waals surface area contributed by atoms with Gasteiger partial charge in [-0.25, -0.2) is 0 Å². The lowest BCUT2D eigenvalue weighted by atomic mass is 10.0. The molecule has 3 rings (SSSR count). The van der Waals surface area contributed by atoms with E-state index in [1.165, 1.54) is 6.07 Å². The molecular weight excluding hydrogens is 224 g/mol. The summed E-state index contributed by atoms with van der Waals surface area (Å²) < 4.78 is 5.53. The van der Waals surface area contributed by atoms with Crippen molar-refractivity contribution in [2.75, 3.05) is 0 Å². The summed E-state index contributed by atoms with van der Waals surface area (Å²) in [7, 11) is 0. The summed E-state index contributed by atoms with van der Waals surface area (Å²) in [6.07, 6.45) is 0. The fraction of sp³-hybridized carbons (Fsp3) is 0.0625. The van der Waals surface area contributed by atoms with E-state index in [2.05, 4.69) is 0 Å². The van der Waals surface area contributed by atoms with Gasteiger partial charge in [0.2, 0.25) is 0 Å². The van der Waals surface area contributed by atoms with E-state index >= 15 is 0 Å². The van der Waals surface area contributed by atoms with Gasteiger partial charge in [0, 0.05) is 6.07 Å². The average molecular weight is 236 g/mol. The molecule has 0 amide bonds. The Kier molecular flexibility index (Phi) is 2.49. The first-order valence-electron chi connectivity index (χ1n) is 5.84. The second-order valence-corrected chi connectivity index (χ2v) is 4.30. The Morgan fingerprint density at radius 3 is 2.44 bits per heavy atom. The number of aryl methyl sites for hydroxylation is 1. The zero-order valence-electron chi connectivity index (χ0n) is 10.0. The van der Waals surface area contributed by atoms with Crippen LogP contribution in [-0.4, -0.2) is 0 Å². The van der Waals surface area contributed by atoms with E-state index in [1.54, 1.807) is 6.92 Å². The Hall–Kier alpha value is -2.35. The molecule has 3 aromatic rings. The zero-order chi connectivity index (χ0) is 12.5. The summed E-state index contributed by atoms with van der Waals surface area (Å²) in [5.41, 5.74) is 2.77. The smallest absolute Gasteiger partial charge is 0.192 e. The maximum absolute atomic E-state index is 11.9. The van der Waals surface area contributed by atoms with Crippen LogP contribution in [0.1, 0.15) is 5.76 Å². The van der Waals surface area contributed by atoms with Gasteiger partial charge in [-0.1, -0.05) is 36.4 Å². The molecule has 88 valence electrons. The highest BCUT2D eigenvalue weighted by molar-refractivity contribution is 5.82. The maximum Gasteiger partial charge on any atom is 0.192 e. The van der Waals surface area contributed by atoms with E-state index in [0.717, 1.165) is 11.1 Å². The first kappa shape index (κ1) is 10.8. The van der Waals surface area contributed by atoms with Crippen LogP contribution < -0.4 is 5.43 Å². The molecular formula is C16H12O2. The van der Waals surface area contributed by atoms with Crippen LogP contribution in [0.3, 0.4) is 0 Å². The molecule has 0 bridgehead atoms. The number of fused-ring (bicyclic) bond motifs is 1. The van der Waals surface area contributed by atoms with E-state index in [0.29, 0.717) is 16.7 Å². The summed E-state index contributed by atoms with van der Waals surface area (Å²) in [6.45, 7) is 1.78. The highest BCUT2D eigenvalue weighted by Gasteiger charge is 2.04. The van der Waals surface area contributed by atoms with E-state index in [9.17, 15) is 4.79 Å². The van der Waals surface area contributed by atoms with E-state index in [4.69, 9.17) is 4.42 Å². The highest BCUT2D eigenvalue weighted by atomic mass is 16.3. The molecule has 0 saturated heterocycles. The van der Waals surface area contributed by atoms with E-state index in [-0.39, 0.29) is 5.43 Å². The summed E-state index contributed by atoms with van der Waals surface area (Å²) in [4.78, 5) is 11.9. The van der Waals surface area contributed by atoms with Gasteiger partial charge >= 0.3 is 0 Å². The fourth-order valence-electron chi connectivity index (χ4n) is 2.09.